The molecule has 0 amide bonds. The van der Waals surface area contributed by atoms with Crippen molar-refractivity contribution in [2.45, 2.75) is 0 Å². The third-order valence-electron chi connectivity index (χ3n) is 3.08. The van der Waals surface area contributed by atoms with E-state index in [1.165, 1.54) is 36.4 Å². The zero-order chi connectivity index (χ0) is 15.7. The first-order valence-electron chi connectivity index (χ1n) is 6.28. The second-order valence-corrected chi connectivity index (χ2v) is 4.43. The van der Waals surface area contributed by atoms with E-state index in [0.717, 1.165) is 4.68 Å². The molecule has 22 heavy (non-hydrogen) atoms. The number of halogens is 2. The van der Waals surface area contributed by atoms with Gasteiger partial charge < -0.3 is 5.11 Å². The van der Waals surface area contributed by atoms with Gasteiger partial charge in [0.1, 0.15) is 23.0 Å². The van der Waals surface area contributed by atoms with Gasteiger partial charge in [-0.2, -0.15) is 0 Å². The number of carboxylic acids is 1. The molecule has 1 aromatic heterocycles. The first kappa shape index (κ1) is 13.9. The Labute approximate surface area is 123 Å². The van der Waals surface area contributed by atoms with Gasteiger partial charge in [0.2, 0.25) is 0 Å². The fourth-order valence-electron chi connectivity index (χ4n) is 2.11. The van der Waals surface area contributed by atoms with Crippen LogP contribution >= 0.6 is 0 Å². The van der Waals surface area contributed by atoms with Crippen LogP contribution in [0.3, 0.4) is 0 Å². The van der Waals surface area contributed by atoms with E-state index in [4.69, 9.17) is 0 Å². The lowest BCUT2D eigenvalue weighted by molar-refractivity contribution is 0.0691. The average Bonchev–Trinajstić information content (AvgIpc) is 2.93. The number of benzene rings is 2. The molecule has 0 saturated carbocycles. The van der Waals surface area contributed by atoms with Crippen LogP contribution in [0.1, 0.15) is 10.5 Å². The van der Waals surface area contributed by atoms with E-state index in [2.05, 4.69) is 10.3 Å². The summed E-state index contributed by atoms with van der Waals surface area (Å²) in [5, 5.41) is 16.4. The van der Waals surface area contributed by atoms with E-state index in [1.54, 1.807) is 12.1 Å². The molecule has 3 rings (SSSR count). The van der Waals surface area contributed by atoms with Crippen LogP contribution in [-0.2, 0) is 0 Å². The summed E-state index contributed by atoms with van der Waals surface area (Å²) in [6, 6.07) is 11.2. The van der Waals surface area contributed by atoms with Crippen LogP contribution in [0, 0.1) is 11.6 Å². The van der Waals surface area contributed by atoms with Gasteiger partial charge in [-0.05, 0) is 24.3 Å². The number of rotatable bonds is 3. The Balaban J connectivity index is 2.33. The van der Waals surface area contributed by atoms with Crippen LogP contribution in [0.15, 0.2) is 48.5 Å². The lowest BCUT2D eigenvalue weighted by atomic mass is 10.1. The van der Waals surface area contributed by atoms with Gasteiger partial charge in [-0.3, -0.25) is 0 Å². The van der Waals surface area contributed by atoms with Gasteiger partial charge in [-0.1, -0.05) is 29.5 Å². The van der Waals surface area contributed by atoms with Crippen molar-refractivity contribution >= 4 is 5.97 Å². The van der Waals surface area contributed by atoms with Gasteiger partial charge in [0.25, 0.3) is 0 Å². The Bertz CT molecular complexity index is 861. The molecule has 1 heterocycles. The maximum atomic E-state index is 14.0. The Morgan fingerprint density at radius 2 is 1.64 bits per heavy atom. The van der Waals surface area contributed by atoms with Gasteiger partial charge in [0, 0.05) is 5.56 Å². The summed E-state index contributed by atoms with van der Waals surface area (Å²) in [7, 11) is 0. The van der Waals surface area contributed by atoms with Crippen molar-refractivity contribution in [1.29, 1.82) is 0 Å². The summed E-state index contributed by atoms with van der Waals surface area (Å²) in [4.78, 5) is 11.3. The fourth-order valence-corrected chi connectivity index (χ4v) is 2.11. The highest BCUT2D eigenvalue weighted by Crippen LogP contribution is 2.28. The molecule has 5 nitrogen and oxygen atoms in total. The highest BCUT2D eigenvalue weighted by molar-refractivity contribution is 5.93. The lowest BCUT2D eigenvalue weighted by Gasteiger charge is -2.08. The SMILES string of the molecule is O=C(O)c1nnn(-c2ccccc2F)c1-c1ccccc1F. The second-order valence-electron chi connectivity index (χ2n) is 4.43. The average molecular weight is 301 g/mol. The number of carbonyl (C=O) groups is 1. The topological polar surface area (TPSA) is 68.0 Å². The molecule has 0 unspecified atom stereocenters. The van der Waals surface area contributed by atoms with Crippen LogP contribution in [0.2, 0.25) is 0 Å². The molecule has 3 aromatic rings. The summed E-state index contributed by atoms with van der Waals surface area (Å²) in [5.41, 5.74) is -0.599. The van der Waals surface area contributed by atoms with Gasteiger partial charge in [-0.15, -0.1) is 5.10 Å². The molecule has 0 spiro atoms. The summed E-state index contributed by atoms with van der Waals surface area (Å²) >= 11 is 0. The minimum absolute atomic E-state index is 0.0132. The molecule has 110 valence electrons. The van der Waals surface area contributed by atoms with E-state index in [9.17, 15) is 18.7 Å². The molecular weight excluding hydrogens is 292 g/mol. The molecule has 0 bridgehead atoms. The molecule has 7 heteroatoms. The normalized spacial score (nSPS) is 10.6. The summed E-state index contributed by atoms with van der Waals surface area (Å²) in [5.74, 6) is -2.65. The minimum Gasteiger partial charge on any atom is -0.476 e. The number of hydrogen-bond acceptors (Lipinski definition) is 3. The summed E-state index contributed by atoms with van der Waals surface area (Å²) in [6.45, 7) is 0. The van der Waals surface area contributed by atoms with E-state index < -0.39 is 23.3 Å². The largest absolute Gasteiger partial charge is 0.476 e. The van der Waals surface area contributed by atoms with Gasteiger partial charge >= 0.3 is 5.97 Å². The monoisotopic (exact) mass is 301 g/mol. The first-order valence-corrected chi connectivity index (χ1v) is 6.28. The molecule has 0 fully saturated rings. The highest BCUT2D eigenvalue weighted by Gasteiger charge is 2.24. The van der Waals surface area contributed by atoms with Crippen molar-refractivity contribution in [3.05, 3.63) is 65.9 Å². The number of aromatic carboxylic acids is 1. The van der Waals surface area contributed by atoms with Crippen LogP contribution < -0.4 is 0 Å². The van der Waals surface area contributed by atoms with E-state index in [-0.39, 0.29) is 16.9 Å². The van der Waals surface area contributed by atoms with Crippen LogP contribution in [0.25, 0.3) is 16.9 Å². The van der Waals surface area contributed by atoms with E-state index in [0.29, 0.717) is 0 Å². The molecule has 0 aliphatic rings. The Morgan fingerprint density at radius 1 is 1.00 bits per heavy atom. The standard InChI is InChI=1S/C15H9F2N3O2/c16-10-6-2-1-5-9(10)14-13(15(21)22)18-19-20(14)12-8-4-3-7-11(12)17/h1-8H,(H,21,22). The number of hydrogen-bond donors (Lipinski definition) is 1. The lowest BCUT2D eigenvalue weighted by Crippen LogP contribution is -2.05. The third kappa shape index (κ3) is 2.22. The molecule has 2 aromatic carbocycles. The van der Waals surface area contributed by atoms with E-state index in [1.807, 2.05) is 0 Å². The molecule has 0 saturated heterocycles. The Kier molecular flexibility index (Phi) is 3.38. The number of aromatic nitrogens is 3. The van der Waals surface area contributed by atoms with Crippen LogP contribution in [0.5, 0.6) is 0 Å². The smallest absolute Gasteiger partial charge is 0.358 e. The highest BCUT2D eigenvalue weighted by atomic mass is 19.1. The summed E-state index contributed by atoms with van der Waals surface area (Å²) in [6.07, 6.45) is 0. The molecule has 0 atom stereocenters. The van der Waals surface area contributed by atoms with Crippen molar-refractivity contribution in [3.8, 4) is 16.9 Å². The summed E-state index contributed by atoms with van der Waals surface area (Å²) < 4.78 is 29.0. The molecule has 1 N–H and O–H groups in total. The predicted octanol–water partition coefficient (Wildman–Crippen LogP) is 2.91. The minimum atomic E-state index is -1.37. The fraction of sp³-hybridized carbons (Fsp3) is 0. The molecule has 0 aliphatic carbocycles. The molecule has 0 radical (unpaired) electrons. The number of nitrogens with zero attached hydrogens (tertiary/aromatic N) is 3. The van der Waals surface area contributed by atoms with Gasteiger partial charge in [-0.25, -0.2) is 18.3 Å². The van der Waals surface area contributed by atoms with Crippen molar-refractivity contribution in [2.24, 2.45) is 0 Å². The first-order chi connectivity index (χ1) is 10.6. The second kappa shape index (κ2) is 5.36. The third-order valence-corrected chi connectivity index (χ3v) is 3.08. The van der Waals surface area contributed by atoms with E-state index >= 15 is 0 Å². The van der Waals surface area contributed by atoms with Crippen LogP contribution in [0.4, 0.5) is 8.78 Å². The number of para-hydroxylation sites is 1. The van der Waals surface area contributed by atoms with Crippen LogP contribution in [-0.4, -0.2) is 26.1 Å². The molecule has 0 aliphatic heterocycles. The van der Waals surface area contributed by atoms with Crippen molar-refractivity contribution < 1.29 is 18.7 Å². The Morgan fingerprint density at radius 3 is 2.27 bits per heavy atom. The Hall–Kier alpha value is -3.09. The zero-order valence-corrected chi connectivity index (χ0v) is 11.1. The molecular formula is C15H9F2N3O2. The van der Waals surface area contributed by atoms with Gasteiger partial charge in [0.15, 0.2) is 5.69 Å². The quantitative estimate of drug-likeness (QED) is 0.807. The predicted molar refractivity (Wildman–Crippen MR) is 73.7 cm³/mol. The zero-order valence-electron chi connectivity index (χ0n) is 11.1. The van der Waals surface area contributed by atoms with Gasteiger partial charge in [0.05, 0.1) is 0 Å². The van der Waals surface area contributed by atoms with Crippen molar-refractivity contribution in [3.63, 3.8) is 0 Å². The van der Waals surface area contributed by atoms with Crippen molar-refractivity contribution in [2.75, 3.05) is 0 Å². The maximum absolute atomic E-state index is 14.0. The van der Waals surface area contributed by atoms with Crippen molar-refractivity contribution in [1.82, 2.24) is 15.0 Å². The number of carboxylic acid groups (broad SMARTS) is 1. The maximum Gasteiger partial charge on any atom is 0.358 e.